The Balaban J connectivity index is 0.997. The number of nitrogens with zero attached hydrogens (tertiary/aromatic N) is 6. The average molecular weight is 681 g/mol. The molecule has 6 heterocycles. The minimum atomic E-state index is -0.567. The van der Waals surface area contributed by atoms with Gasteiger partial charge in [-0.25, -0.2) is 19.3 Å². The molecule has 1 unspecified atom stereocenters. The molecule has 2 aliphatic rings. The van der Waals surface area contributed by atoms with E-state index < -0.39 is 5.60 Å². The molecule has 4 aromatic heterocycles. The quantitative estimate of drug-likeness (QED) is 0.165. The molecule has 7 rings (SSSR count). The van der Waals surface area contributed by atoms with Crippen LogP contribution in [0.1, 0.15) is 79.1 Å². The zero-order valence-corrected chi connectivity index (χ0v) is 29.1. The second kappa shape index (κ2) is 14.2. The molecule has 1 aromatic carbocycles. The van der Waals surface area contributed by atoms with Gasteiger partial charge in [0.15, 0.2) is 0 Å². The van der Waals surface area contributed by atoms with Crippen molar-refractivity contribution in [3.8, 4) is 5.88 Å². The van der Waals surface area contributed by atoms with Crippen LogP contribution >= 0.6 is 0 Å². The molecule has 50 heavy (non-hydrogen) atoms. The van der Waals surface area contributed by atoms with Crippen LogP contribution in [0.15, 0.2) is 60.8 Å². The van der Waals surface area contributed by atoms with Crippen molar-refractivity contribution in [1.29, 1.82) is 0 Å². The molecule has 0 aliphatic carbocycles. The maximum atomic E-state index is 12.9. The molecule has 0 bridgehead atoms. The number of rotatable bonds is 11. The molecular formula is C38H44N6O6. The number of piperidine rings is 1. The first-order valence-corrected chi connectivity index (χ1v) is 17.3. The average Bonchev–Trinajstić information content (AvgIpc) is 3.65. The van der Waals surface area contributed by atoms with Gasteiger partial charge in [-0.05, 0) is 89.5 Å². The Labute approximate surface area is 291 Å². The third-order valence-electron chi connectivity index (χ3n) is 9.33. The van der Waals surface area contributed by atoms with Crippen molar-refractivity contribution < 1.29 is 28.5 Å². The molecular weight excluding hydrogens is 636 g/mol. The van der Waals surface area contributed by atoms with Crippen LogP contribution in [-0.2, 0) is 45.1 Å². The lowest BCUT2D eigenvalue weighted by Gasteiger charge is -2.32. The summed E-state index contributed by atoms with van der Waals surface area (Å²) in [6, 6.07) is 17.4. The fourth-order valence-corrected chi connectivity index (χ4v) is 6.62. The highest BCUT2D eigenvalue weighted by Gasteiger charge is 2.27. The second-order valence-corrected chi connectivity index (χ2v) is 14.1. The van der Waals surface area contributed by atoms with Crippen LogP contribution in [0.25, 0.3) is 16.6 Å². The van der Waals surface area contributed by atoms with E-state index in [0.29, 0.717) is 42.8 Å². The van der Waals surface area contributed by atoms with Crippen LogP contribution in [0.5, 0.6) is 5.88 Å². The molecule has 2 fully saturated rings. The topological polar surface area (TPSA) is 122 Å². The van der Waals surface area contributed by atoms with Gasteiger partial charge in [-0.2, -0.15) is 5.10 Å². The molecule has 0 radical (unpaired) electrons. The van der Waals surface area contributed by atoms with E-state index in [1.165, 1.54) is 7.11 Å². The lowest BCUT2D eigenvalue weighted by molar-refractivity contribution is -0.139. The van der Waals surface area contributed by atoms with Gasteiger partial charge < -0.3 is 23.5 Å². The molecule has 0 amide bonds. The van der Waals surface area contributed by atoms with E-state index in [4.69, 9.17) is 28.9 Å². The Morgan fingerprint density at radius 3 is 2.54 bits per heavy atom. The minimum absolute atomic E-state index is 0.118. The van der Waals surface area contributed by atoms with Crippen LogP contribution in [0.2, 0.25) is 0 Å². The maximum absolute atomic E-state index is 12.9. The highest BCUT2D eigenvalue weighted by molar-refractivity contribution is 5.94. The van der Waals surface area contributed by atoms with Crippen LogP contribution < -0.4 is 4.74 Å². The van der Waals surface area contributed by atoms with Crippen molar-refractivity contribution in [2.45, 2.75) is 83.8 Å². The predicted octanol–water partition coefficient (Wildman–Crippen LogP) is 5.50. The number of carbonyl (C=O) groups excluding carboxylic acids is 2. The van der Waals surface area contributed by atoms with Crippen molar-refractivity contribution in [3.05, 3.63) is 89.1 Å². The fourth-order valence-electron chi connectivity index (χ4n) is 6.62. The molecule has 0 spiro atoms. The van der Waals surface area contributed by atoms with Gasteiger partial charge in [0.1, 0.15) is 18.0 Å². The van der Waals surface area contributed by atoms with E-state index in [1.807, 2.05) is 69.4 Å². The first-order valence-electron chi connectivity index (χ1n) is 17.3. The number of ether oxygens (including phenoxy) is 4. The molecule has 12 heteroatoms. The summed E-state index contributed by atoms with van der Waals surface area (Å²) in [5, 5.41) is 4.49. The zero-order chi connectivity index (χ0) is 34.8. The van der Waals surface area contributed by atoms with Crippen LogP contribution in [-0.4, -0.2) is 79.5 Å². The van der Waals surface area contributed by atoms with Gasteiger partial charge in [0, 0.05) is 36.0 Å². The monoisotopic (exact) mass is 680 g/mol. The number of methoxy groups -OCH3 is 1. The second-order valence-electron chi connectivity index (χ2n) is 14.1. The molecule has 0 N–H and O–H groups in total. The Morgan fingerprint density at radius 1 is 0.980 bits per heavy atom. The SMILES string of the molecule is COC(=O)Cc1cc2c(COc3cccc(C4CCN(Cc5nc6ccc(C(=O)OC(C)(C)C)cc6n5CC5CCO5)CC4)n3)cccn2n1. The molecule has 0 saturated carbocycles. The van der Waals surface area contributed by atoms with E-state index in [2.05, 4.69) is 20.6 Å². The molecule has 5 aromatic rings. The normalized spacial score (nSPS) is 17.2. The number of pyridine rings is 2. The number of imidazole rings is 1. The van der Waals surface area contributed by atoms with Crippen molar-refractivity contribution in [2.75, 3.05) is 26.8 Å². The molecule has 2 aliphatic heterocycles. The van der Waals surface area contributed by atoms with Crippen molar-refractivity contribution in [1.82, 2.24) is 29.0 Å². The zero-order valence-electron chi connectivity index (χ0n) is 29.1. The lowest BCUT2D eigenvalue weighted by Crippen LogP contribution is -2.35. The van der Waals surface area contributed by atoms with Gasteiger partial charge in [0.2, 0.25) is 5.88 Å². The molecule has 1 atom stereocenters. The summed E-state index contributed by atoms with van der Waals surface area (Å²) >= 11 is 0. The Morgan fingerprint density at radius 2 is 1.80 bits per heavy atom. The third kappa shape index (κ3) is 7.66. The molecule has 12 nitrogen and oxygen atoms in total. The highest BCUT2D eigenvalue weighted by atomic mass is 16.6. The van der Waals surface area contributed by atoms with Crippen LogP contribution in [0.3, 0.4) is 0 Å². The van der Waals surface area contributed by atoms with Crippen LogP contribution in [0.4, 0.5) is 0 Å². The van der Waals surface area contributed by atoms with Gasteiger partial charge >= 0.3 is 11.9 Å². The Bertz CT molecular complexity index is 2000. The van der Waals surface area contributed by atoms with E-state index in [0.717, 1.165) is 72.6 Å². The maximum Gasteiger partial charge on any atom is 0.338 e. The first-order chi connectivity index (χ1) is 24.1. The summed E-state index contributed by atoms with van der Waals surface area (Å²) in [6.07, 6.45) is 5.09. The largest absolute Gasteiger partial charge is 0.473 e. The van der Waals surface area contributed by atoms with Gasteiger partial charge in [-0.15, -0.1) is 0 Å². The Kier molecular flexibility index (Phi) is 9.56. The van der Waals surface area contributed by atoms with E-state index >= 15 is 0 Å². The van der Waals surface area contributed by atoms with Crippen molar-refractivity contribution in [3.63, 3.8) is 0 Å². The minimum Gasteiger partial charge on any atom is -0.473 e. The number of carbonyl (C=O) groups is 2. The fraction of sp³-hybridized carbons (Fsp3) is 0.447. The van der Waals surface area contributed by atoms with Gasteiger partial charge in [-0.1, -0.05) is 12.1 Å². The van der Waals surface area contributed by atoms with Crippen LogP contribution in [0, 0.1) is 0 Å². The number of hydrogen-bond acceptors (Lipinski definition) is 10. The number of fused-ring (bicyclic) bond motifs is 2. The molecule has 2 saturated heterocycles. The number of esters is 2. The number of aromatic nitrogens is 5. The summed E-state index contributed by atoms with van der Waals surface area (Å²) in [6.45, 7) is 10.00. The number of benzene rings is 1. The van der Waals surface area contributed by atoms with Crippen molar-refractivity contribution >= 4 is 28.5 Å². The van der Waals surface area contributed by atoms with Crippen molar-refractivity contribution in [2.24, 2.45) is 0 Å². The summed E-state index contributed by atoms with van der Waals surface area (Å²) < 4.78 is 26.4. The first kappa shape index (κ1) is 33.7. The number of likely N-dealkylation sites (tertiary alicyclic amines) is 1. The van der Waals surface area contributed by atoms with Gasteiger partial charge in [-0.3, -0.25) is 9.69 Å². The predicted molar refractivity (Wildman–Crippen MR) is 186 cm³/mol. The lowest BCUT2D eigenvalue weighted by atomic mass is 9.93. The van der Waals surface area contributed by atoms with E-state index in [-0.39, 0.29) is 24.5 Å². The number of hydrogen-bond donors (Lipinski definition) is 0. The van der Waals surface area contributed by atoms with E-state index in [1.54, 1.807) is 10.6 Å². The molecule has 262 valence electrons. The van der Waals surface area contributed by atoms with Gasteiger partial charge in [0.25, 0.3) is 0 Å². The van der Waals surface area contributed by atoms with E-state index in [9.17, 15) is 9.59 Å². The standard InChI is InChI=1S/C38H44N6O6/c1-38(2,3)50-37(46)26-10-11-31-33(19-26)43(22-29-14-18-48-29)34(39-31)23-42-16-12-25(13-17-42)30-8-5-9-35(40-30)49-24-27-7-6-15-44-32(27)20-28(41-44)21-36(45)47-4/h5-11,15,19-20,25,29H,12-14,16-18,21-24H2,1-4H3. The third-order valence-corrected chi connectivity index (χ3v) is 9.33. The summed E-state index contributed by atoms with van der Waals surface area (Å²) in [7, 11) is 1.37. The van der Waals surface area contributed by atoms with Gasteiger partial charge in [0.05, 0.1) is 60.5 Å². The highest BCUT2D eigenvalue weighted by Crippen LogP contribution is 2.30. The Hall–Kier alpha value is -4.81. The smallest absolute Gasteiger partial charge is 0.338 e. The summed E-state index contributed by atoms with van der Waals surface area (Å²) in [5.41, 5.74) is 5.27. The summed E-state index contributed by atoms with van der Waals surface area (Å²) in [4.78, 5) is 37.0. The summed E-state index contributed by atoms with van der Waals surface area (Å²) in [5.74, 6) is 1.23.